The Bertz CT molecular complexity index is 940. The molecule has 5 rings (SSSR count). The van der Waals surface area contributed by atoms with Crippen molar-refractivity contribution in [3.63, 3.8) is 0 Å². The molecule has 3 nitrogen and oxygen atoms in total. The van der Waals surface area contributed by atoms with Crippen LogP contribution in [0.25, 0.3) is 6.08 Å². The lowest BCUT2D eigenvalue weighted by atomic mass is 10.0. The van der Waals surface area contributed by atoms with E-state index in [2.05, 4.69) is 114 Å². The van der Waals surface area contributed by atoms with Crippen LogP contribution in [0.2, 0.25) is 0 Å². The molecular weight excluding hydrogens is 476 g/mol. The second-order valence-corrected chi connectivity index (χ2v) is 8.65. The normalized spacial score (nSPS) is 13.8. The second-order valence-electron chi connectivity index (χ2n) is 8.65. The molecule has 0 aromatic heterocycles. The maximum absolute atomic E-state index is 6.31. The van der Waals surface area contributed by atoms with Crippen LogP contribution in [0.3, 0.4) is 0 Å². The lowest BCUT2D eigenvalue weighted by Gasteiger charge is -2.34. The molecule has 214 valence electrons. The molecule has 0 N–H and O–H groups in total. The van der Waals surface area contributed by atoms with E-state index < -0.39 is 0 Å². The summed E-state index contributed by atoms with van der Waals surface area (Å²) in [5, 5.41) is 0. The van der Waals surface area contributed by atoms with Gasteiger partial charge in [0.2, 0.25) is 0 Å². The van der Waals surface area contributed by atoms with E-state index in [0.29, 0.717) is 0 Å². The monoisotopic (exact) mass is 530 g/mol. The molecule has 0 radical (unpaired) electrons. The van der Waals surface area contributed by atoms with Gasteiger partial charge in [-0.15, -0.1) is 0 Å². The van der Waals surface area contributed by atoms with Gasteiger partial charge in [0.1, 0.15) is 6.10 Å². The van der Waals surface area contributed by atoms with Crippen LogP contribution in [0.5, 0.6) is 0 Å². The van der Waals surface area contributed by atoms with Gasteiger partial charge in [0.05, 0.1) is 6.61 Å². The van der Waals surface area contributed by atoms with E-state index in [9.17, 15) is 0 Å². The van der Waals surface area contributed by atoms with Gasteiger partial charge in [-0.05, 0) is 35.2 Å². The number of rotatable bonds is 7. The quantitative estimate of drug-likeness (QED) is 0.304. The van der Waals surface area contributed by atoms with Gasteiger partial charge in [-0.2, -0.15) is 0 Å². The molecule has 1 heterocycles. The summed E-state index contributed by atoms with van der Waals surface area (Å²) in [7, 11) is 0. The highest BCUT2D eigenvalue weighted by atomic mass is 16.5. The summed E-state index contributed by atoms with van der Waals surface area (Å²) in [5.41, 5.74) is 5.29. The van der Waals surface area contributed by atoms with Crippen LogP contribution in [0.15, 0.2) is 91.0 Å². The second kappa shape index (κ2) is 22.1. The standard InChI is InChI=1S/C21H28N2O.C9H8.3C2H6/c1-2-22-13-15-23(16-14-22)17-18-24-21(19-9-5-3-6-10-19)20-11-7-4-8-12-20;1-2-5-9-7-3-6-8(9)4-1;3*1-2/h3-12,21H,2,13-18H2,1H3;1-6H,7H2;3*1-2H3. The van der Waals surface area contributed by atoms with Crippen molar-refractivity contribution in [2.24, 2.45) is 0 Å². The van der Waals surface area contributed by atoms with Crippen LogP contribution in [-0.2, 0) is 11.2 Å². The molecule has 0 bridgehead atoms. The van der Waals surface area contributed by atoms with E-state index in [4.69, 9.17) is 4.74 Å². The number of benzene rings is 3. The molecule has 0 saturated carbocycles. The molecule has 3 heteroatoms. The molecule has 1 saturated heterocycles. The average molecular weight is 531 g/mol. The van der Waals surface area contributed by atoms with Crippen molar-refractivity contribution in [1.82, 2.24) is 9.80 Å². The zero-order valence-corrected chi connectivity index (χ0v) is 25.8. The zero-order chi connectivity index (χ0) is 28.7. The maximum atomic E-state index is 6.31. The Kier molecular flexibility index (Phi) is 19.5. The molecule has 0 spiro atoms. The Morgan fingerprint density at radius 2 is 1.13 bits per heavy atom. The van der Waals surface area contributed by atoms with Crippen molar-refractivity contribution in [1.29, 1.82) is 0 Å². The lowest BCUT2D eigenvalue weighted by Crippen LogP contribution is -2.47. The van der Waals surface area contributed by atoms with Crippen molar-refractivity contribution in [3.05, 3.63) is 113 Å². The lowest BCUT2D eigenvalue weighted by molar-refractivity contribution is 0.0460. The van der Waals surface area contributed by atoms with Crippen LogP contribution in [0.1, 0.15) is 76.8 Å². The third-order valence-corrected chi connectivity index (χ3v) is 6.50. The van der Waals surface area contributed by atoms with Gasteiger partial charge < -0.3 is 9.64 Å². The van der Waals surface area contributed by atoms with Crippen LogP contribution in [-0.4, -0.2) is 55.7 Å². The topological polar surface area (TPSA) is 15.7 Å². The van der Waals surface area contributed by atoms with Gasteiger partial charge in [-0.25, -0.2) is 0 Å². The number of piperazine rings is 1. The molecule has 2 aliphatic rings. The molecular formula is C36H54N2O. The Morgan fingerprint density at radius 3 is 1.64 bits per heavy atom. The van der Waals surface area contributed by atoms with Gasteiger partial charge in [-0.3, -0.25) is 4.90 Å². The fourth-order valence-corrected chi connectivity index (χ4v) is 4.46. The summed E-state index contributed by atoms with van der Waals surface area (Å²) < 4.78 is 6.31. The number of fused-ring (bicyclic) bond motifs is 1. The van der Waals surface area contributed by atoms with Gasteiger partial charge in [-0.1, -0.05) is 146 Å². The van der Waals surface area contributed by atoms with E-state index in [1.165, 1.54) is 35.3 Å². The van der Waals surface area contributed by atoms with Crippen LogP contribution < -0.4 is 0 Å². The Hall–Kier alpha value is -2.72. The minimum atomic E-state index is 0.0179. The first-order valence-electron chi connectivity index (χ1n) is 15.2. The summed E-state index contributed by atoms with van der Waals surface area (Å²) in [4.78, 5) is 5.02. The predicted octanol–water partition coefficient (Wildman–Crippen LogP) is 8.76. The van der Waals surface area contributed by atoms with Crippen LogP contribution in [0, 0.1) is 0 Å². The molecule has 0 atom stereocenters. The van der Waals surface area contributed by atoms with E-state index in [0.717, 1.165) is 39.2 Å². The number of likely N-dealkylation sites (N-methyl/N-ethyl adjacent to an activating group) is 1. The summed E-state index contributed by atoms with van der Waals surface area (Å²) in [5.74, 6) is 0. The highest BCUT2D eigenvalue weighted by molar-refractivity contribution is 5.59. The number of allylic oxidation sites excluding steroid dienone is 1. The number of nitrogens with zero attached hydrogens (tertiary/aromatic N) is 2. The van der Waals surface area contributed by atoms with E-state index in [-0.39, 0.29) is 6.10 Å². The highest BCUT2D eigenvalue weighted by Crippen LogP contribution is 2.25. The van der Waals surface area contributed by atoms with Crippen molar-refractivity contribution < 1.29 is 4.74 Å². The molecule has 0 unspecified atom stereocenters. The van der Waals surface area contributed by atoms with Crippen LogP contribution in [0.4, 0.5) is 0 Å². The molecule has 3 aromatic rings. The van der Waals surface area contributed by atoms with Crippen LogP contribution >= 0.6 is 0 Å². The molecule has 1 fully saturated rings. The smallest absolute Gasteiger partial charge is 0.108 e. The van der Waals surface area contributed by atoms with E-state index in [1.54, 1.807) is 0 Å². The fourth-order valence-electron chi connectivity index (χ4n) is 4.46. The molecule has 1 aliphatic carbocycles. The van der Waals surface area contributed by atoms with E-state index in [1.807, 2.05) is 41.5 Å². The van der Waals surface area contributed by atoms with Crippen molar-refractivity contribution in [3.8, 4) is 0 Å². The Morgan fingerprint density at radius 1 is 0.641 bits per heavy atom. The number of hydrogen-bond acceptors (Lipinski definition) is 3. The Labute approximate surface area is 240 Å². The minimum absolute atomic E-state index is 0.0179. The first-order chi connectivity index (χ1) is 19.3. The molecule has 39 heavy (non-hydrogen) atoms. The molecule has 1 aliphatic heterocycles. The molecule has 0 amide bonds. The van der Waals surface area contributed by atoms with Crippen molar-refractivity contribution >= 4 is 6.08 Å². The van der Waals surface area contributed by atoms with Gasteiger partial charge in [0, 0.05) is 32.7 Å². The third kappa shape index (κ3) is 12.3. The Balaban J connectivity index is 0.000000419. The summed E-state index contributed by atoms with van der Waals surface area (Å²) >= 11 is 0. The third-order valence-electron chi connectivity index (χ3n) is 6.50. The fraction of sp³-hybridized carbons (Fsp3) is 0.444. The van der Waals surface area contributed by atoms with Gasteiger partial charge >= 0.3 is 0 Å². The minimum Gasteiger partial charge on any atom is -0.367 e. The first kappa shape index (κ1) is 34.3. The summed E-state index contributed by atoms with van der Waals surface area (Å²) in [6.07, 6.45) is 5.51. The zero-order valence-electron chi connectivity index (χ0n) is 25.8. The largest absolute Gasteiger partial charge is 0.367 e. The molecule has 3 aromatic carbocycles. The SMILES string of the molecule is C1=Cc2ccccc2C1.CC.CC.CC.CCN1CCN(CCOC(c2ccccc2)c2ccccc2)CC1. The summed E-state index contributed by atoms with van der Waals surface area (Å²) in [6.45, 7) is 21.8. The highest BCUT2D eigenvalue weighted by Gasteiger charge is 2.17. The average Bonchev–Trinajstić information content (AvgIpc) is 3.53. The van der Waals surface area contributed by atoms with Gasteiger partial charge in [0.25, 0.3) is 0 Å². The van der Waals surface area contributed by atoms with Crippen molar-refractivity contribution in [2.45, 2.75) is 61.0 Å². The summed E-state index contributed by atoms with van der Waals surface area (Å²) in [6, 6.07) is 29.5. The van der Waals surface area contributed by atoms with Gasteiger partial charge in [0.15, 0.2) is 0 Å². The number of ether oxygens (including phenoxy) is 1. The number of hydrogen-bond donors (Lipinski definition) is 0. The van der Waals surface area contributed by atoms with E-state index >= 15 is 0 Å². The maximum Gasteiger partial charge on any atom is 0.108 e. The van der Waals surface area contributed by atoms with Crippen molar-refractivity contribution in [2.75, 3.05) is 45.9 Å². The first-order valence-corrected chi connectivity index (χ1v) is 15.2. The predicted molar refractivity (Wildman–Crippen MR) is 172 cm³/mol.